The van der Waals surface area contributed by atoms with Crippen LogP contribution in [0.5, 0.6) is 0 Å². The van der Waals surface area contributed by atoms with Gasteiger partial charge in [0.2, 0.25) is 0 Å². The summed E-state index contributed by atoms with van der Waals surface area (Å²) >= 11 is 9.00. The monoisotopic (exact) mass is 282 g/mol. The van der Waals surface area contributed by atoms with Crippen molar-refractivity contribution in [3.8, 4) is 0 Å². The summed E-state index contributed by atoms with van der Waals surface area (Å²) in [4.78, 5) is 0. The first-order valence-corrected chi connectivity index (χ1v) is 6.43. The Balaban J connectivity index is 0.00000169. The Kier molecular flexibility index (Phi) is 6.55. The molecular weight excluding hydrogens is 275 g/mol. The standard InChI is InChI=1S/C4H6N2O3S4.Na.H/c7-13(8,9)1-2(10)3-5-6-4(11)12-3;;/h2,10H,1H2,(H,6,11)(H,7,8,9);;. The summed E-state index contributed by atoms with van der Waals surface area (Å²) in [6, 6.07) is 0. The zero-order chi connectivity index (χ0) is 10.1. The minimum absolute atomic E-state index is 0. The number of hydrogen-bond acceptors (Lipinski definition) is 7. The molecule has 0 amide bonds. The van der Waals surface area contributed by atoms with Gasteiger partial charge in [0.25, 0.3) is 10.1 Å². The molecule has 1 atom stereocenters. The van der Waals surface area contributed by atoms with Gasteiger partial charge in [-0.2, -0.15) is 21.0 Å². The average molecular weight is 282 g/mol. The molecule has 0 aromatic carbocycles. The summed E-state index contributed by atoms with van der Waals surface area (Å²) in [6.07, 6.45) is 0. The first-order chi connectivity index (χ1) is 5.88. The summed E-state index contributed by atoms with van der Waals surface area (Å²) in [7, 11) is -4.02. The van der Waals surface area contributed by atoms with Crippen LogP contribution in [0.25, 0.3) is 0 Å². The Morgan fingerprint density at radius 2 is 2.07 bits per heavy atom. The molecular formula is C4H7N2NaO3S4. The third-order valence-corrected chi connectivity index (χ3v) is 3.89. The zero-order valence-corrected chi connectivity index (χ0v) is 9.58. The van der Waals surface area contributed by atoms with Gasteiger partial charge in [0.1, 0.15) is 5.01 Å². The summed E-state index contributed by atoms with van der Waals surface area (Å²) < 4.78 is 29.9. The van der Waals surface area contributed by atoms with Gasteiger partial charge in [-0.05, 0) is 0 Å². The van der Waals surface area contributed by atoms with E-state index in [-0.39, 0.29) is 29.6 Å². The van der Waals surface area contributed by atoms with Crippen LogP contribution in [0.15, 0.2) is 4.34 Å². The predicted molar refractivity (Wildman–Crippen MR) is 62.5 cm³/mol. The van der Waals surface area contributed by atoms with Gasteiger partial charge in [0.15, 0.2) is 4.34 Å². The van der Waals surface area contributed by atoms with E-state index in [4.69, 9.17) is 4.55 Å². The van der Waals surface area contributed by atoms with Crippen molar-refractivity contribution >= 4 is 76.3 Å². The minimum atomic E-state index is -4.02. The molecule has 0 saturated carbocycles. The van der Waals surface area contributed by atoms with Gasteiger partial charge in [-0.15, -0.1) is 22.8 Å². The molecule has 1 aromatic rings. The molecule has 10 heteroatoms. The van der Waals surface area contributed by atoms with Gasteiger partial charge in [0, 0.05) is 0 Å². The molecule has 1 unspecified atom stereocenters. The Hall–Kier alpha value is 1.17. The maximum absolute atomic E-state index is 10.5. The van der Waals surface area contributed by atoms with Crippen molar-refractivity contribution in [3.63, 3.8) is 0 Å². The van der Waals surface area contributed by atoms with Gasteiger partial charge in [-0.3, -0.25) is 4.55 Å². The molecule has 0 saturated heterocycles. The Morgan fingerprint density at radius 1 is 1.50 bits per heavy atom. The third kappa shape index (κ3) is 5.31. The van der Waals surface area contributed by atoms with Gasteiger partial charge >= 0.3 is 29.6 Å². The molecule has 0 spiro atoms. The molecule has 76 valence electrons. The molecule has 0 aliphatic carbocycles. The van der Waals surface area contributed by atoms with E-state index in [2.05, 4.69) is 35.5 Å². The van der Waals surface area contributed by atoms with Crippen molar-refractivity contribution in [2.75, 3.05) is 5.75 Å². The van der Waals surface area contributed by atoms with E-state index in [0.29, 0.717) is 9.35 Å². The van der Waals surface area contributed by atoms with Crippen LogP contribution >= 0.6 is 36.6 Å². The zero-order valence-electron chi connectivity index (χ0n) is 6.15. The normalized spacial score (nSPS) is 13.4. The van der Waals surface area contributed by atoms with Crippen molar-refractivity contribution < 1.29 is 13.0 Å². The van der Waals surface area contributed by atoms with Gasteiger partial charge < -0.3 is 0 Å². The molecule has 1 N–H and O–H groups in total. The predicted octanol–water partition coefficient (Wildman–Crippen LogP) is 0.0370. The fourth-order valence-corrected chi connectivity index (χ4v) is 2.96. The third-order valence-electron chi connectivity index (χ3n) is 1.08. The first kappa shape index (κ1) is 15.2. The second-order valence-electron chi connectivity index (χ2n) is 2.19. The Labute approximate surface area is 119 Å². The van der Waals surface area contributed by atoms with E-state index < -0.39 is 21.1 Å². The van der Waals surface area contributed by atoms with Gasteiger partial charge in [-0.25, -0.2) is 0 Å². The molecule has 0 aliphatic rings. The summed E-state index contributed by atoms with van der Waals surface area (Å²) in [5.74, 6) is -0.474. The number of aromatic nitrogens is 2. The Morgan fingerprint density at radius 3 is 2.43 bits per heavy atom. The van der Waals surface area contributed by atoms with Crippen LogP contribution in [0, 0.1) is 0 Å². The van der Waals surface area contributed by atoms with E-state index in [0.717, 1.165) is 11.3 Å². The van der Waals surface area contributed by atoms with E-state index in [9.17, 15) is 8.42 Å². The average Bonchev–Trinajstić information content (AvgIpc) is 2.31. The summed E-state index contributed by atoms with van der Waals surface area (Å²) in [5, 5.41) is 6.98. The van der Waals surface area contributed by atoms with Crippen molar-refractivity contribution in [2.24, 2.45) is 0 Å². The van der Waals surface area contributed by atoms with Crippen molar-refractivity contribution in [1.29, 1.82) is 0 Å². The number of rotatable bonds is 3. The molecule has 0 bridgehead atoms. The van der Waals surface area contributed by atoms with E-state index in [1.807, 2.05) is 0 Å². The van der Waals surface area contributed by atoms with Crippen molar-refractivity contribution in [1.82, 2.24) is 10.2 Å². The first-order valence-electron chi connectivity index (χ1n) is 3.04. The molecule has 14 heavy (non-hydrogen) atoms. The second kappa shape index (κ2) is 6.04. The van der Waals surface area contributed by atoms with E-state index in [1.165, 1.54) is 0 Å². The molecule has 1 rings (SSSR count). The maximum atomic E-state index is 10.5. The van der Waals surface area contributed by atoms with E-state index >= 15 is 0 Å². The second-order valence-corrected chi connectivity index (χ2v) is 6.04. The fraction of sp³-hybridized carbons (Fsp3) is 0.500. The molecule has 5 nitrogen and oxygen atoms in total. The van der Waals surface area contributed by atoms with Gasteiger partial charge in [-0.1, -0.05) is 11.3 Å². The molecule has 0 aliphatic heterocycles. The summed E-state index contributed by atoms with van der Waals surface area (Å²) in [5.41, 5.74) is 0. The summed E-state index contributed by atoms with van der Waals surface area (Å²) in [6.45, 7) is 0. The Bertz CT molecular complexity index is 391. The van der Waals surface area contributed by atoms with E-state index in [1.54, 1.807) is 0 Å². The van der Waals surface area contributed by atoms with Crippen LogP contribution in [-0.2, 0) is 10.1 Å². The van der Waals surface area contributed by atoms with Crippen LogP contribution in [0.1, 0.15) is 10.3 Å². The number of hydrogen-bond donors (Lipinski definition) is 3. The molecule has 0 fully saturated rings. The van der Waals surface area contributed by atoms with Crippen LogP contribution in [0.4, 0.5) is 0 Å². The fourth-order valence-electron chi connectivity index (χ4n) is 0.632. The van der Waals surface area contributed by atoms with Crippen LogP contribution in [0.3, 0.4) is 0 Å². The van der Waals surface area contributed by atoms with Crippen LogP contribution in [0.2, 0.25) is 0 Å². The molecule has 0 radical (unpaired) electrons. The van der Waals surface area contributed by atoms with Crippen LogP contribution in [-0.4, -0.2) is 58.5 Å². The SMILES string of the molecule is O=S(=O)(O)CC(S)c1nnc(S)s1.[NaH]. The molecule has 1 heterocycles. The topological polar surface area (TPSA) is 80.2 Å². The number of thiol groups is 2. The molecule has 1 aromatic heterocycles. The van der Waals surface area contributed by atoms with Crippen LogP contribution < -0.4 is 0 Å². The van der Waals surface area contributed by atoms with Gasteiger partial charge in [0.05, 0.1) is 11.0 Å². The number of nitrogens with zero attached hydrogens (tertiary/aromatic N) is 2. The van der Waals surface area contributed by atoms with Crippen molar-refractivity contribution in [2.45, 2.75) is 9.59 Å². The van der Waals surface area contributed by atoms with Crippen molar-refractivity contribution in [3.05, 3.63) is 5.01 Å². The quantitative estimate of drug-likeness (QED) is 0.414.